The largest absolute Gasteiger partial charge is 0.394 e. The average molecular weight is 280 g/mol. The van der Waals surface area contributed by atoms with Gasteiger partial charge in [0.25, 0.3) is 5.91 Å². The third-order valence-electron chi connectivity index (χ3n) is 3.11. The molecular formula is C14H20N2O4. The van der Waals surface area contributed by atoms with Crippen LogP contribution in [0.1, 0.15) is 34.6 Å². The maximum absolute atomic E-state index is 12.5. The molecule has 1 aromatic rings. The van der Waals surface area contributed by atoms with E-state index < -0.39 is 18.0 Å². The van der Waals surface area contributed by atoms with Gasteiger partial charge in [-0.15, -0.1) is 0 Å². The molecule has 0 radical (unpaired) electrons. The second-order valence-electron chi connectivity index (χ2n) is 4.72. The molecule has 0 saturated heterocycles. The lowest BCUT2D eigenvalue weighted by Crippen LogP contribution is -2.47. The summed E-state index contributed by atoms with van der Waals surface area (Å²) in [5.41, 5.74) is 5.72. The third kappa shape index (κ3) is 3.55. The monoisotopic (exact) mass is 280 g/mol. The van der Waals surface area contributed by atoms with E-state index >= 15 is 0 Å². The Hall–Kier alpha value is -1.92. The number of nitrogens with two attached hydrogens (primary N) is 1. The predicted octanol–water partition coefficient (Wildman–Crippen LogP) is -0.0107. The number of carbonyl (C=O) groups is 2. The zero-order valence-corrected chi connectivity index (χ0v) is 11.6. The first kappa shape index (κ1) is 16.1. The van der Waals surface area contributed by atoms with Crippen molar-refractivity contribution in [2.75, 3.05) is 13.2 Å². The second kappa shape index (κ2) is 7.02. The molecule has 6 heteroatoms. The van der Waals surface area contributed by atoms with Crippen LogP contribution in [0.5, 0.6) is 0 Å². The Morgan fingerprint density at radius 1 is 1.15 bits per heavy atom. The van der Waals surface area contributed by atoms with Crippen molar-refractivity contribution in [3.8, 4) is 0 Å². The first-order valence-electron chi connectivity index (χ1n) is 6.36. The lowest BCUT2D eigenvalue weighted by molar-refractivity contribution is 0.0417. The zero-order chi connectivity index (χ0) is 15.3. The van der Waals surface area contributed by atoms with Crippen molar-refractivity contribution < 1.29 is 19.8 Å². The molecule has 0 saturated carbocycles. The Morgan fingerprint density at radius 2 is 1.65 bits per heavy atom. The van der Waals surface area contributed by atoms with Crippen LogP contribution in [0.15, 0.2) is 24.3 Å². The van der Waals surface area contributed by atoms with Crippen LogP contribution in [0.3, 0.4) is 0 Å². The number of nitrogens with zero attached hydrogens (tertiary/aromatic N) is 1. The minimum atomic E-state index is -0.614. The van der Waals surface area contributed by atoms with E-state index in [-0.39, 0.29) is 24.7 Å². The molecule has 4 N–H and O–H groups in total. The number of aliphatic hydroxyl groups excluding tert-OH is 2. The standard InChI is InChI=1S/C14H20N2O4/c1-9(7-17)16(10(2)8-18)14(20)12-5-3-4-11(6-12)13(15)19/h3-6,9-10,17-18H,7-8H2,1-2H3,(H2,15,19). The van der Waals surface area contributed by atoms with Gasteiger partial charge in [-0.3, -0.25) is 9.59 Å². The molecule has 2 amide bonds. The second-order valence-corrected chi connectivity index (χ2v) is 4.72. The van der Waals surface area contributed by atoms with E-state index in [0.29, 0.717) is 5.56 Å². The minimum absolute atomic E-state index is 0.217. The van der Waals surface area contributed by atoms with E-state index in [1.807, 2.05) is 0 Å². The Morgan fingerprint density at radius 3 is 2.10 bits per heavy atom. The summed E-state index contributed by atoms with van der Waals surface area (Å²) in [6.07, 6.45) is 0. The first-order valence-corrected chi connectivity index (χ1v) is 6.36. The fourth-order valence-corrected chi connectivity index (χ4v) is 1.97. The van der Waals surface area contributed by atoms with Gasteiger partial charge in [0.15, 0.2) is 0 Å². The maximum atomic E-state index is 12.5. The summed E-state index contributed by atoms with van der Waals surface area (Å²) >= 11 is 0. The van der Waals surface area contributed by atoms with E-state index in [9.17, 15) is 19.8 Å². The first-order chi connectivity index (χ1) is 9.42. The smallest absolute Gasteiger partial charge is 0.254 e. The van der Waals surface area contributed by atoms with Crippen molar-refractivity contribution >= 4 is 11.8 Å². The van der Waals surface area contributed by atoms with Gasteiger partial charge >= 0.3 is 0 Å². The molecule has 2 atom stereocenters. The van der Waals surface area contributed by atoms with E-state index in [1.54, 1.807) is 26.0 Å². The van der Waals surface area contributed by atoms with Crippen LogP contribution in [-0.2, 0) is 0 Å². The number of benzene rings is 1. The Bertz CT molecular complexity index is 480. The fraction of sp³-hybridized carbons (Fsp3) is 0.429. The predicted molar refractivity (Wildman–Crippen MR) is 74.2 cm³/mol. The molecule has 0 aromatic heterocycles. The normalized spacial score (nSPS) is 13.6. The van der Waals surface area contributed by atoms with Crippen LogP contribution >= 0.6 is 0 Å². The van der Waals surface area contributed by atoms with Crippen LogP contribution in [0, 0.1) is 0 Å². The highest BCUT2D eigenvalue weighted by molar-refractivity contribution is 5.99. The molecular weight excluding hydrogens is 260 g/mol. The number of hydrogen-bond donors (Lipinski definition) is 3. The van der Waals surface area contributed by atoms with Crippen molar-refractivity contribution in [3.63, 3.8) is 0 Å². The number of rotatable bonds is 6. The Kier molecular flexibility index (Phi) is 5.66. The van der Waals surface area contributed by atoms with Gasteiger partial charge in [0.2, 0.25) is 5.91 Å². The number of aliphatic hydroxyl groups is 2. The van der Waals surface area contributed by atoms with Gasteiger partial charge in [0.05, 0.1) is 25.3 Å². The summed E-state index contributed by atoms with van der Waals surface area (Å²) in [5.74, 6) is -0.979. The lowest BCUT2D eigenvalue weighted by atomic mass is 10.1. The molecule has 0 fully saturated rings. The summed E-state index contributed by atoms with van der Waals surface area (Å²) in [5, 5.41) is 18.5. The van der Waals surface area contributed by atoms with Crippen molar-refractivity contribution in [2.45, 2.75) is 25.9 Å². The van der Waals surface area contributed by atoms with Crippen molar-refractivity contribution in [1.82, 2.24) is 4.90 Å². The summed E-state index contributed by atoms with van der Waals surface area (Å²) in [6.45, 7) is 2.93. The highest BCUT2D eigenvalue weighted by Gasteiger charge is 2.26. The number of carbonyl (C=O) groups excluding carboxylic acids is 2. The van der Waals surface area contributed by atoms with Gasteiger partial charge in [-0.1, -0.05) is 6.07 Å². The van der Waals surface area contributed by atoms with Crippen LogP contribution in [0.2, 0.25) is 0 Å². The summed E-state index contributed by atoms with van der Waals surface area (Å²) in [4.78, 5) is 25.0. The van der Waals surface area contributed by atoms with Crippen molar-refractivity contribution in [3.05, 3.63) is 35.4 Å². The van der Waals surface area contributed by atoms with E-state index in [1.165, 1.54) is 17.0 Å². The van der Waals surface area contributed by atoms with Crippen molar-refractivity contribution in [1.29, 1.82) is 0 Å². The molecule has 0 heterocycles. The van der Waals surface area contributed by atoms with Crippen molar-refractivity contribution in [2.24, 2.45) is 5.73 Å². The number of primary amides is 1. The van der Waals surface area contributed by atoms with Crippen LogP contribution < -0.4 is 5.73 Å². The van der Waals surface area contributed by atoms with Crippen LogP contribution in [0.4, 0.5) is 0 Å². The molecule has 2 unspecified atom stereocenters. The van der Waals surface area contributed by atoms with Gasteiger partial charge < -0.3 is 20.8 Å². The minimum Gasteiger partial charge on any atom is -0.394 e. The molecule has 0 aliphatic heterocycles. The summed E-state index contributed by atoms with van der Waals surface area (Å²) in [7, 11) is 0. The molecule has 1 rings (SSSR count). The quantitative estimate of drug-likeness (QED) is 0.681. The molecule has 0 aliphatic carbocycles. The highest BCUT2D eigenvalue weighted by atomic mass is 16.3. The SMILES string of the molecule is CC(CO)N(C(=O)c1cccc(C(N)=O)c1)C(C)CO. The summed E-state index contributed by atoms with van der Waals surface area (Å²) < 4.78 is 0. The molecule has 0 aliphatic rings. The highest BCUT2D eigenvalue weighted by Crippen LogP contribution is 2.14. The van der Waals surface area contributed by atoms with E-state index in [4.69, 9.17) is 5.73 Å². The lowest BCUT2D eigenvalue weighted by Gasteiger charge is -2.33. The molecule has 6 nitrogen and oxygen atoms in total. The molecule has 0 bridgehead atoms. The van der Waals surface area contributed by atoms with Gasteiger partial charge in [-0.2, -0.15) is 0 Å². The maximum Gasteiger partial charge on any atom is 0.254 e. The molecule has 20 heavy (non-hydrogen) atoms. The van der Waals surface area contributed by atoms with Crippen LogP contribution in [0.25, 0.3) is 0 Å². The van der Waals surface area contributed by atoms with Crippen LogP contribution in [-0.4, -0.2) is 52.2 Å². The Labute approximate surface area is 117 Å². The molecule has 1 aromatic carbocycles. The molecule has 110 valence electrons. The third-order valence-corrected chi connectivity index (χ3v) is 3.11. The van der Waals surface area contributed by atoms with Gasteiger partial charge in [0, 0.05) is 11.1 Å². The van der Waals surface area contributed by atoms with E-state index in [0.717, 1.165) is 0 Å². The number of amides is 2. The average Bonchev–Trinajstić information content (AvgIpc) is 2.46. The van der Waals surface area contributed by atoms with Gasteiger partial charge in [-0.25, -0.2) is 0 Å². The Balaban J connectivity index is 3.12. The van der Waals surface area contributed by atoms with E-state index in [2.05, 4.69) is 0 Å². The number of hydrogen-bond acceptors (Lipinski definition) is 4. The topological polar surface area (TPSA) is 104 Å². The fourth-order valence-electron chi connectivity index (χ4n) is 1.97. The zero-order valence-electron chi connectivity index (χ0n) is 11.6. The van der Waals surface area contributed by atoms with Gasteiger partial charge in [-0.05, 0) is 32.0 Å². The van der Waals surface area contributed by atoms with Gasteiger partial charge in [0.1, 0.15) is 0 Å². The summed E-state index contributed by atoms with van der Waals surface area (Å²) in [6, 6.07) is 5.18. The molecule has 0 spiro atoms.